The second kappa shape index (κ2) is 6.54. The fourth-order valence-corrected chi connectivity index (χ4v) is 2.38. The van der Waals surface area contributed by atoms with Gasteiger partial charge in [0.15, 0.2) is 0 Å². The maximum absolute atomic E-state index is 13.0. The van der Waals surface area contributed by atoms with Crippen LogP contribution in [0.1, 0.15) is 5.56 Å². The molecule has 0 aliphatic carbocycles. The lowest BCUT2D eigenvalue weighted by molar-refractivity contribution is 0.305. The average molecular weight is 287 g/mol. The van der Waals surface area contributed by atoms with Crippen LogP contribution in [0.2, 0.25) is 0 Å². The molecule has 0 atom stereocenters. The third-order valence-electron chi connectivity index (χ3n) is 3.49. The number of halogens is 1. The molecule has 0 spiro atoms. The molecule has 1 aromatic heterocycles. The molecule has 3 rings (SSSR count). The fourth-order valence-electron chi connectivity index (χ4n) is 2.38. The van der Waals surface area contributed by atoms with Gasteiger partial charge in [-0.1, -0.05) is 0 Å². The van der Waals surface area contributed by atoms with Gasteiger partial charge in [-0.15, -0.1) is 0 Å². The smallest absolute Gasteiger partial charge is 0.141 e. The van der Waals surface area contributed by atoms with Crippen molar-refractivity contribution in [1.82, 2.24) is 10.3 Å². The summed E-state index contributed by atoms with van der Waals surface area (Å²) in [6, 6.07) is 9.45. The van der Waals surface area contributed by atoms with E-state index in [-0.39, 0.29) is 5.82 Å². The normalized spacial score (nSPS) is 15.0. The summed E-state index contributed by atoms with van der Waals surface area (Å²) in [6.45, 7) is 4.40. The molecule has 0 amide bonds. The van der Waals surface area contributed by atoms with Crippen LogP contribution in [-0.2, 0) is 6.61 Å². The van der Waals surface area contributed by atoms with Crippen LogP contribution in [0.4, 0.5) is 10.1 Å². The number of benzene rings is 1. The van der Waals surface area contributed by atoms with Crippen molar-refractivity contribution in [2.24, 2.45) is 0 Å². The third kappa shape index (κ3) is 3.70. The van der Waals surface area contributed by atoms with E-state index in [1.54, 1.807) is 6.20 Å². The van der Waals surface area contributed by atoms with Gasteiger partial charge < -0.3 is 15.0 Å². The highest BCUT2D eigenvalue weighted by atomic mass is 19.1. The first kappa shape index (κ1) is 13.8. The Kier molecular flexibility index (Phi) is 4.31. The molecule has 2 aromatic rings. The van der Waals surface area contributed by atoms with E-state index in [9.17, 15) is 4.39 Å². The molecule has 0 unspecified atom stereocenters. The number of pyridine rings is 1. The Labute approximate surface area is 123 Å². The molecule has 1 N–H and O–H groups in total. The first-order valence-electron chi connectivity index (χ1n) is 7.09. The predicted molar refractivity (Wildman–Crippen MR) is 80.1 cm³/mol. The van der Waals surface area contributed by atoms with Gasteiger partial charge in [-0.3, -0.25) is 4.98 Å². The van der Waals surface area contributed by atoms with E-state index >= 15 is 0 Å². The highest BCUT2D eigenvalue weighted by Crippen LogP contribution is 2.20. The molecule has 1 saturated heterocycles. The SMILES string of the molecule is Fc1cncc(COc2ccc(N3CCNCC3)cc2)c1. The van der Waals surface area contributed by atoms with Crippen molar-refractivity contribution in [3.8, 4) is 5.75 Å². The van der Waals surface area contributed by atoms with E-state index in [1.807, 2.05) is 12.1 Å². The average Bonchev–Trinajstić information content (AvgIpc) is 2.54. The third-order valence-corrected chi connectivity index (χ3v) is 3.49. The van der Waals surface area contributed by atoms with Crippen molar-refractivity contribution in [3.05, 3.63) is 54.1 Å². The summed E-state index contributed by atoms with van der Waals surface area (Å²) >= 11 is 0. The summed E-state index contributed by atoms with van der Waals surface area (Å²) < 4.78 is 18.7. The topological polar surface area (TPSA) is 37.4 Å². The number of aromatic nitrogens is 1. The van der Waals surface area contributed by atoms with E-state index < -0.39 is 0 Å². The summed E-state index contributed by atoms with van der Waals surface area (Å²) in [4.78, 5) is 6.15. The lowest BCUT2D eigenvalue weighted by atomic mass is 10.2. The van der Waals surface area contributed by atoms with Gasteiger partial charge in [0.05, 0.1) is 6.20 Å². The molecule has 4 nitrogen and oxygen atoms in total. The van der Waals surface area contributed by atoms with E-state index in [0.29, 0.717) is 6.61 Å². The van der Waals surface area contributed by atoms with Gasteiger partial charge >= 0.3 is 0 Å². The molecule has 1 aromatic carbocycles. The quantitative estimate of drug-likeness (QED) is 0.935. The van der Waals surface area contributed by atoms with Gasteiger partial charge in [0.1, 0.15) is 18.2 Å². The Balaban J connectivity index is 1.59. The molecular weight excluding hydrogens is 269 g/mol. The van der Waals surface area contributed by atoms with Crippen LogP contribution in [0.15, 0.2) is 42.7 Å². The van der Waals surface area contributed by atoms with Gasteiger partial charge in [-0.25, -0.2) is 4.39 Å². The summed E-state index contributed by atoms with van der Waals surface area (Å²) in [7, 11) is 0. The lowest BCUT2D eigenvalue weighted by Gasteiger charge is -2.29. The van der Waals surface area contributed by atoms with Crippen LogP contribution >= 0.6 is 0 Å². The second-order valence-corrected chi connectivity index (χ2v) is 5.03. The second-order valence-electron chi connectivity index (χ2n) is 5.03. The van der Waals surface area contributed by atoms with Crippen LogP contribution in [0.3, 0.4) is 0 Å². The number of nitrogens with one attached hydrogen (secondary N) is 1. The summed E-state index contributed by atoms with van der Waals surface area (Å²) in [6.07, 6.45) is 2.80. The van der Waals surface area contributed by atoms with Crippen LogP contribution in [0.25, 0.3) is 0 Å². The fraction of sp³-hybridized carbons (Fsp3) is 0.312. The monoisotopic (exact) mass is 287 g/mol. The van der Waals surface area contributed by atoms with E-state index in [0.717, 1.165) is 37.5 Å². The van der Waals surface area contributed by atoms with Gasteiger partial charge in [0.25, 0.3) is 0 Å². The van der Waals surface area contributed by atoms with E-state index in [1.165, 1.54) is 18.0 Å². The summed E-state index contributed by atoms with van der Waals surface area (Å²) in [5.74, 6) is 0.434. The zero-order valence-electron chi connectivity index (χ0n) is 11.8. The molecule has 0 saturated carbocycles. The predicted octanol–water partition coefficient (Wildman–Crippen LogP) is 2.21. The van der Waals surface area contributed by atoms with Crippen molar-refractivity contribution in [2.75, 3.05) is 31.1 Å². The molecule has 21 heavy (non-hydrogen) atoms. The first-order chi connectivity index (χ1) is 10.3. The number of nitrogens with zero attached hydrogens (tertiary/aromatic N) is 2. The number of anilines is 1. The Morgan fingerprint density at radius 3 is 2.62 bits per heavy atom. The molecular formula is C16H18FN3O. The van der Waals surface area contributed by atoms with Gasteiger partial charge in [0.2, 0.25) is 0 Å². The van der Waals surface area contributed by atoms with Crippen LogP contribution in [0, 0.1) is 5.82 Å². The van der Waals surface area contributed by atoms with Crippen molar-refractivity contribution in [2.45, 2.75) is 6.61 Å². The van der Waals surface area contributed by atoms with Crippen molar-refractivity contribution >= 4 is 5.69 Å². The standard InChI is InChI=1S/C16H18FN3O/c17-14-9-13(10-19-11-14)12-21-16-3-1-15(2-4-16)20-7-5-18-6-8-20/h1-4,9-11,18H,5-8,12H2. The molecule has 0 radical (unpaired) electrons. The zero-order valence-corrected chi connectivity index (χ0v) is 11.8. The first-order valence-corrected chi connectivity index (χ1v) is 7.09. The largest absolute Gasteiger partial charge is 0.489 e. The van der Waals surface area contributed by atoms with Gasteiger partial charge in [-0.2, -0.15) is 0 Å². The number of hydrogen-bond donors (Lipinski definition) is 1. The molecule has 2 heterocycles. The van der Waals surface area contributed by atoms with E-state index in [4.69, 9.17) is 4.74 Å². The lowest BCUT2D eigenvalue weighted by Crippen LogP contribution is -2.43. The zero-order chi connectivity index (χ0) is 14.5. The van der Waals surface area contributed by atoms with Crippen LogP contribution in [0.5, 0.6) is 5.75 Å². The highest BCUT2D eigenvalue weighted by molar-refractivity contribution is 5.49. The minimum absolute atomic E-state index is 0.317. The Morgan fingerprint density at radius 1 is 1.14 bits per heavy atom. The molecule has 1 aliphatic rings. The summed E-state index contributed by atoms with van der Waals surface area (Å²) in [5.41, 5.74) is 1.93. The maximum atomic E-state index is 13.0. The van der Waals surface area contributed by atoms with Crippen LogP contribution in [-0.4, -0.2) is 31.2 Å². The van der Waals surface area contributed by atoms with Crippen molar-refractivity contribution < 1.29 is 9.13 Å². The minimum atomic E-state index is -0.342. The highest BCUT2D eigenvalue weighted by Gasteiger charge is 2.10. The van der Waals surface area contributed by atoms with Gasteiger partial charge in [0, 0.05) is 43.6 Å². The number of hydrogen-bond acceptors (Lipinski definition) is 4. The van der Waals surface area contributed by atoms with Crippen molar-refractivity contribution in [1.29, 1.82) is 0 Å². The molecule has 5 heteroatoms. The number of piperazine rings is 1. The Bertz CT molecular complexity index is 582. The number of rotatable bonds is 4. The molecule has 110 valence electrons. The molecule has 1 fully saturated rings. The maximum Gasteiger partial charge on any atom is 0.141 e. The molecule has 1 aliphatic heterocycles. The Morgan fingerprint density at radius 2 is 1.90 bits per heavy atom. The van der Waals surface area contributed by atoms with Crippen LogP contribution < -0.4 is 15.0 Å². The minimum Gasteiger partial charge on any atom is -0.489 e. The van der Waals surface area contributed by atoms with E-state index in [2.05, 4.69) is 27.3 Å². The van der Waals surface area contributed by atoms with Crippen molar-refractivity contribution in [3.63, 3.8) is 0 Å². The summed E-state index contributed by atoms with van der Waals surface area (Å²) in [5, 5.41) is 3.34. The number of ether oxygens (including phenoxy) is 1. The van der Waals surface area contributed by atoms with Gasteiger partial charge in [-0.05, 0) is 30.3 Å². The Hall–Kier alpha value is -2.14. The molecule has 0 bridgehead atoms.